The Labute approximate surface area is 271 Å². The molecule has 3 saturated heterocycles. The zero-order valence-electron chi connectivity index (χ0n) is 27.4. The van der Waals surface area contributed by atoms with Crippen LogP contribution in [0.4, 0.5) is 5.69 Å². The van der Waals surface area contributed by atoms with Gasteiger partial charge in [-0.3, -0.25) is 14.4 Å². The first-order valence-electron chi connectivity index (χ1n) is 16.1. The molecule has 5 N–H and O–H groups in total. The Morgan fingerprint density at radius 2 is 1.96 bits per heavy atom. The highest BCUT2D eigenvalue weighted by Crippen LogP contribution is 2.43. The summed E-state index contributed by atoms with van der Waals surface area (Å²) in [6.45, 7) is 9.90. The molecule has 1 aromatic carbocycles. The molecule has 11 nitrogen and oxygen atoms in total. The summed E-state index contributed by atoms with van der Waals surface area (Å²) in [7, 11) is 0. The van der Waals surface area contributed by atoms with Crippen LogP contribution < -0.4 is 16.4 Å². The van der Waals surface area contributed by atoms with Crippen molar-refractivity contribution in [2.24, 2.45) is 5.92 Å². The van der Waals surface area contributed by atoms with Gasteiger partial charge in [0.15, 0.2) is 0 Å². The van der Waals surface area contributed by atoms with E-state index in [1.54, 1.807) is 19.1 Å². The maximum Gasteiger partial charge on any atom is 0.303 e. The molecule has 0 aromatic heterocycles. The van der Waals surface area contributed by atoms with E-state index < -0.39 is 29.9 Å². The summed E-state index contributed by atoms with van der Waals surface area (Å²) in [5.41, 5.74) is 7.72. The third-order valence-electron chi connectivity index (χ3n) is 8.78. The topological polar surface area (TPSA) is 162 Å². The van der Waals surface area contributed by atoms with Crippen molar-refractivity contribution >= 4 is 23.5 Å². The molecule has 3 aliphatic heterocycles. The van der Waals surface area contributed by atoms with Crippen LogP contribution in [-0.4, -0.2) is 77.8 Å². The molecular formula is C35H49N3O8. The van der Waals surface area contributed by atoms with Crippen LogP contribution in [0.3, 0.4) is 0 Å². The van der Waals surface area contributed by atoms with Gasteiger partial charge >= 0.3 is 5.97 Å². The highest BCUT2D eigenvalue weighted by atomic mass is 16.6. The third kappa shape index (κ3) is 10.2. The van der Waals surface area contributed by atoms with Crippen molar-refractivity contribution in [3.05, 3.63) is 65.8 Å². The Hall–Kier alpha value is -3.51. The second kappa shape index (κ2) is 15.9. The average molecular weight is 640 g/mol. The normalized spacial score (nSPS) is 32.0. The fourth-order valence-corrected chi connectivity index (χ4v) is 6.07. The summed E-state index contributed by atoms with van der Waals surface area (Å²) < 4.78 is 23.2. The highest BCUT2D eigenvalue weighted by molar-refractivity contribution is 5.87. The van der Waals surface area contributed by atoms with E-state index >= 15 is 0 Å². The molecule has 0 saturated carbocycles. The zero-order chi connectivity index (χ0) is 33.4. The number of ether oxygens (including phenoxy) is 4. The number of carbonyl (C=O) groups is 3. The first-order valence-corrected chi connectivity index (χ1v) is 16.1. The second-order valence-electron chi connectivity index (χ2n) is 12.9. The fraction of sp³-hybridized carbons (Fsp3) is 0.571. The van der Waals surface area contributed by atoms with Crippen LogP contribution >= 0.6 is 0 Å². The molecule has 4 rings (SSSR count). The molecule has 252 valence electrons. The van der Waals surface area contributed by atoms with Crippen LogP contribution in [0.25, 0.3) is 0 Å². The summed E-state index contributed by atoms with van der Waals surface area (Å²) in [6.07, 6.45) is 8.41. The number of nitrogen functional groups attached to an aromatic ring is 1. The molecule has 11 heteroatoms. The highest BCUT2D eigenvalue weighted by Gasteiger charge is 2.58. The summed E-state index contributed by atoms with van der Waals surface area (Å²) in [4.78, 5) is 36.2. The summed E-state index contributed by atoms with van der Waals surface area (Å²) in [6, 6.07) is 7.25. The van der Waals surface area contributed by atoms with Crippen molar-refractivity contribution in [3.8, 4) is 0 Å². The number of aliphatic hydroxyl groups excluding tert-OH is 1. The quantitative estimate of drug-likeness (QED) is 0.0885. The number of amides is 2. The van der Waals surface area contributed by atoms with Gasteiger partial charge in [0.2, 0.25) is 11.8 Å². The largest absolute Gasteiger partial charge is 0.459 e. The molecule has 0 radical (unpaired) electrons. The van der Waals surface area contributed by atoms with Gasteiger partial charge < -0.3 is 40.4 Å². The lowest BCUT2D eigenvalue weighted by atomic mass is 9.87. The minimum atomic E-state index is -0.822. The van der Waals surface area contributed by atoms with Gasteiger partial charge in [0, 0.05) is 31.7 Å². The number of nitrogens with one attached hydrogen (secondary N) is 2. The van der Waals surface area contributed by atoms with Crippen molar-refractivity contribution in [2.45, 2.75) is 115 Å². The van der Waals surface area contributed by atoms with Gasteiger partial charge in [-0.15, -0.1) is 0 Å². The van der Waals surface area contributed by atoms with Crippen molar-refractivity contribution in [1.82, 2.24) is 10.6 Å². The lowest BCUT2D eigenvalue weighted by Crippen LogP contribution is -2.50. The van der Waals surface area contributed by atoms with Crippen LogP contribution in [0.5, 0.6) is 0 Å². The maximum atomic E-state index is 12.7. The number of benzene rings is 1. The molecule has 0 aliphatic carbocycles. The average Bonchev–Trinajstić information content (AvgIpc) is 3.76. The number of carbonyl (C=O) groups excluding carboxylic acids is 3. The van der Waals surface area contributed by atoms with Gasteiger partial charge in [0.05, 0.1) is 37.4 Å². The van der Waals surface area contributed by atoms with Crippen LogP contribution in [0.2, 0.25) is 0 Å². The van der Waals surface area contributed by atoms with Crippen LogP contribution in [0.15, 0.2) is 60.2 Å². The van der Waals surface area contributed by atoms with Gasteiger partial charge in [-0.2, -0.15) is 0 Å². The van der Waals surface area contributed by atoms with Gasteiger partial charge in [0.1, 0.15) is 23.9 Å². The number of nitrogens with two attached hydrogens (primary N) is 1. The molecular weight excluding hydrogens is 590 g/mol. The van der Waals surface area contributed by atoms with Crippen molar-refractivity contribution in [2.75, 3.05) is 12.3 Å². The predicted molar refractivity (Wildman–Crippen MR) is 173 cm³/mol. The number of anilines is 1. The molecule has 2 amide bonds. The Morgan fingerprint density at radius 1 is 1.20 bits per heavy atom. The molecule has 1 spiro atoms. The van der Waals surface area contributed by atoms with E-state index in [1.165, 1.54) is 13.0 Å². The molecule has 1 unspecified atom stereocenters. The monoisotopic (exact) mass is 639 g/mol. The van der Waals surface area contributed by atoms with Crippen LogP contribution in [0.1, 0.15) is 65.9 Å². The fourth-order valence-electron chi connectivity index (χ4n) is 6.07. The molecule has 9 atom stereocenters. The maximum absolute atomic E-state index is 12.7. The molecule has 3 aliphatic rings. The van der Waals surface area contributed by atoms with E-state index in [-0.39, 0.29) is 48.5 Å². The first-order chi connectivity index (χ1) is 21.8. The van der Waals surface area contributed by atoms with Gasteiger partial charge in [-0.05, 0) is 63.3 Å². The number of hydrogen-bond acceptors (Lipinski definition) is 9. The Balaban J connectivity index is 1.25. The van der Waals surface area contributed by atoms with E-state index in [9.17, 15) is 19.5 Å². The molecule has 1 aromatic rings. The van der Waals surface area contributed by atoms with Crippen LogP contribution in [0, 0.1) is 5.92 Å². The third-order valence-corrected chi connectivity index (χ3v) is 8.78. The smallest absolute Gasteiger partial charge is 0.303 e. The van der Waals surface area contributed by atoms with Gasteiger partial charge in [-0.25, -0.2) is 0 Å². The van der Waals surface area contributed by atoms with E-state index in [4.69, 9.17) is 24.7 Å². The summed E-state index contributed by atoms with van der Waals surface area (Å²) >= 11 is 0. The number of esters is 1. The van der Waals surface area contributed by atoms with Crippen molar-refractivity contribution in [1.29, 1.82) is 0 Å². The van der Waals surface area contributed by atoms with E-state index in [2.05, 4.69) is 23.6 Å². The predicted octanol–water partition coefficient (Wildman–Crippen LogP) is 3.26. The SMILES string of the molecule is CC(=O)O[C@@H](C)/C=C\C(=O)N[C@@H]1C[C@H](C)[C@H](C/C=C(C)/C=C/[C@H]2O[C@H](CC(=O)NCc3cccc(N)c3)CC3(CO3)[C@@H]2O)O[C@@H]1C. The van der Waals surface area contributed by atoms with E-state index in [0.29, 0.717) is 31.7 Å². The summed E-state index contributed by atoms with van der Waals surface area (Å²) in [5.74, 6) is -0.580. The van der Waals surface area contributed by atoms with Gasteiger partial charge in [0.25, 0.3) is 0 Å². The molecule has 3 heterocycles. The molecule has 0 bridgehead atoms. The van der Waals surface area contributed by atoms with E-state index in [0.717, 1.165) is 17.6 Å². The Morgan fingerprint density at radius 3 is 2.65 bits per heavy atom. The summed E-state index contributed by atoms with van der Waals surface area (Å²) in [5, 5.41) is 16.9. The number of allylic oxidation sites excluding steroid dienone is 2. The second-order valence-corrected chi connectivity index (χ2v) is 12.9. The molecule has 46 heavy (non-hydrogen) atoms. The van der Waals surface area contributed by atoms with Crippen LogP contribution in [-0.2, 0) is 39.9 Å². The van der Waals surface area contributed by atoms with Crippen molar-refractivity contribution < 1.29 is 38.4 Å². The minimum Gasteiger partial charge on any atom is -0.459 e. The van der Waals surface area contributed by atoms with E-state index in [1.807, 2.05) is 44.2 Å². The zero-order valence-corrected chi connectivity index (χ0v) is 27.4. The molecule has 3 fully saturated rings. The lowest BCUT2D eigenvalue weighted by Gasteiger charge is -2.39. The Bertz CT molecular complexity index is 1320. The lowest BCUT2D eigenvalue weighted by molar-refractivity contribution is -0.145. The minimum absolute atomic E-state index is 0.0130. The first kappa shape index (κ1) is 35.3. The number of aliphatic hydroxyl groups is 1. The number of epoxide rings is 1. The van der Waals surface area contributed by atoms with Gasteiger partial charge in [-0.1, -0.05) is 42.9 Å². The Kier molecular flexibility index (Phi) is 12.2. The number of hydrogen-bond donors (Lipinski definition) is 4. The van der Waals surface area contributed by atoms with Crippen molar-refractivity contribution in [3.63, 3.8) is 0 Å². The standard InChI is InChI=1S/C35H49N3O8/c1-21(9-12-30-22(2)15-29(24(4)45-30)38-32(40)14-11-23(3)44-25(5)39)10-13-31-34(42)35(20-43-35)18-28(46-31)17-33(41)37-19-26-7-6-8-27(36)16-26/h6-11,13-14,16,22-24,28-31,34,42H,12,15,17-20,36H2,1-5H3,(H,37,41)(H,38,40)/b13-10+,14-11-,21-9+/t22-,23-,24+,28+,29+,30-,31+,34+,35?/m0/s1. The number of rotatable bonds is 12.